The Labute approximate surface area is 120 Å². The first-order valence-electron chi connectivity index (χ1n) is 6.12. The Kier molecular flexibility index (Phi) is 4.54. The molecule has 1 aromatic heterocycles. The lowest BCUT2D eigenvalue weighted by Crippen LogP contribution is -2.18. The van der Waals surface area contributed by atoms with Gasteiger partial charge in [-0.2, -0.15) is 11.3 Å². The molecule has 106 valence electrons. The summed E-state index contributed by atoms with van der Waals surface area (Å²) in [6.07, 6.45) is 0.859. The molecule has 1 unspecified atom stereocenters. The molecule has 0 aliphatic carbocycles. The summed E-state index contributed by atoms with van der Waals surface area (Å²) < 4.78 is 0. The third-order valence-corrected chi connectivity index (χ3v) is 3.56. The third-order valence-electron chi connectivity index (χ3n) is 2.83. The fourth-order valence-electron chi connectivity index (χ4n) is 1.98. The van der Waals surface area contributed by atoms with E-state index >= 15 is 0 Å². The number of nitrogen functional groups attached to an aromatic ring is 1. The molecule has 7 heteroatoms. The maximum absolute atomic E-state index is 10.9. The van der Waals surface area contributed by atoms with E-state index in [1.165, 1.54) is 17.7 Å². The third kappa shape index (κ3) is 3.69. The molecule has 0 saturated carbocycles. The highest BCUT2D eigenvalue weighted by atomic mass is 32.1. The van der Waals surface area contributed by atoms with Crippen LogP contribution in [0.5, 0.6) is 0 Å². The second kappa shape index (κ2) is 6.36. The molecule has 2 aromatic rings. The van der Waals surface area contributed by atoms with E-state index in [9.17, 15) is 10.1 Å². The fourth-order valence-corrected chi connectivity index (χ4v) is 2.66. The summed E-state index contributed by atoms with van der Waals surface area (Å²) in [6, 6.07) is 6.89. The molecule has 0 fully saturated rings. The zero-order valence-corrected chi connectivity index (χ0v) is 11.8. The van der Waals surface area contributed by atoms with Crippen LogP contribution in [0, 0.1) is 10.1 Å². The Balaban J connectivity index is 2.11. The molecule has 0 radical (unpaired) electrons. The number of nitrogens with zero attached hydrogens (tertiary/aromatic N) is 1. The van der Waals surface area contributed by atoms with Crippen LogP contribution in [0.3, 0.4) is 0 Å². The van der Waals surface area contributed by atoms with Crippen molar-refractivity contribution in [1.82, 2.24) is 0 Å². The maximum Gasteiger partial charge on any atom is 0.273 e. The number of hydrogen-bond acceptors (Lipinski definition) is 6. The first-order valence-corrected chi connectivity index (χ1v) is 7.06. The number of benzene rings is 1. The molecule has 0 aliphatic rings. The SMILES string of the molecule is CC(Cc1ccsc1)Nc1cc(NN)cc([N+](=O)[O-])c1. The van der Waals surface area contributed by atoms with E-state index in [1.807, 2.05) is 12.3 Å². The Morgan fingerprint density at radius 2 is 2.15 bits per heavy atom. The second-order valence-electron chi connectivity index (χ2n) is 4.55. The standard InChI is InChI=1S/C13H16N4O2S/c1-9(4-10-2-3-20-8-10)15-11-5-12(16-14)7-13(6-11)17(18)19/h2-3,5-9,15-16H,4,14H2,1H3. The van der Waals surface area contributed by atoms with Gasteiger partial charge in [0.1, 0.15) is 0 Å². The highest BCUT2D eigenvalue weighted by molar-refractivity contribution is 7.07. The monoisotopic (exact) mass is 292 g/mol. The molecule has 1 atom stereocenters. The molecule has 0 amide bonds. The van der Waals surface area contributed by atoms with Crippen LogP contribution in [-0.4, -0.2) is 11.0 Å². The van der Waals surface area contributed by atoms with E-state index in [-0.39, 0.29) is 11.7 Å². The van der Waals surface area contributed by atoms with E-state index in [4.69, 9.17) is 5.84 Å². The minimum absolute atomic E-state index is 0.00526. The lowest BCUT2D eigenvalue weighted by Gasteiger charge is -2.15. The van der Waals surface area contributed by atoms with Crippen molar-refractivity contribution >= 4 is 28.4 Å². The van der Waals surface area contributed by atoms with Crippen LogP contribution >= 0.6 is 11.3 Å². The summed E-state index contributed by atoms with van der Waals surface area (Å²) in [5.41, 5.74) is 4.87. The van der Waals surface area contributed by atoms with Gasteiger partial charge in [0.2, 0.25) is 0 Å². The molecular formula is C13H16N4O2S. The summed E-state index contributed by atoms with van der Waals surface area (Å²) in [5, 5.41) is 18.3. The van der Waals surface area contributed by atoms with Crippen molar-refractivity contribution in [3.8, 4) is 0 Å². The van der Waals surface area contributed by atoms with E-state index < -0.39 is 4.92 Å². The molecule has 2 rings (SSSR count). The minimum Gasteiger partial charge on any atom is -0.382 e. The molecule has 0 spiro atoms. The number of nitro groups is 1. The lowest BCUT2D eigenvalue weighted by atomic mass is 10.1. The molecule has 0 saturated heterocycles. The molecular weight excluding hydrogens is 276 g/mol. The first kappa shape index (κ1) is 14.3. The van der Waals surface area contributed by atoms with Crippen molar-refractivity contribution in [2.45, 2.75) is 19.4 Å². The minimum atomic E-state index is -0.435. The topological polar surface area (TPSA) is 93.2 Å². The number of non-ortho nitro benzene ring substituents is 1. The van der Waals surface area contributed by atoms with Gasteiger partial charge in [0.05, 0.1) is 10.6 Å². The first-order chi connectivity index (χ1) is 9.58. The Morgan fingerprint density at radius 1 is 1.40 bits per heavy atom. The fraction of sp³-hybridized carbons (Fsp3) is 0.231. The number of thiophene rings is 1. The smallest absolute Gasteiger partial charge is 0.273 e. The van der Waals surface area contributed by atoms with Crippen LogP contribution in [0.2, 0.25) is 0 Å². The normalized spacial score (nSPS) is 11.9. The van der Waals surface area contributed by atoms with Gasteiger partial charge in [-0.25, -0.2) is 0 Å². The number of nitrogens with one attached hydrogen (secondary N) is 2. The zero-order chi connectivity index (χ0) is 14.5. The van der Waals surface area contributed by atoms with Gasteiger partial charge < -0.3 is 10.7 Å². The van der Waals surface area contributed by atoms with Crippen LogP contribution in [0.4, 0.5) is 17.1 Å². The summed E-state index contributed by atoms with van der Waals surface area (Å²) in [4.78, 5) is 10.4. The van der Waals surface area contributed by atoms with Gasteiger partial charge in [-0.1, -0.05) is 0 Å². The highest BCUT2D eigenvalue weighted by Gasteiger charge is 2.11. The van der Waals surface area contributed by atoms with Gasteiger partial charge in [-0.3, -0.25) is 16.0 Å². The van der Waals surface area contributed by atoms with E-state index in [0.29, 0.717) is 11.4 Å². The van der Waals surface area contributed by atoms with Gasteiger partial charge in [0.25, 0.3) is 5.69 Å². The van der Waals surface area contributed by atoms with Crippen molar-refractivity contribution < 1.29 is 4.92 Å². The Bertz CT molecular complexity index is 586. The Morgan fingerprint density at radius 3 is 2.75 bits per heavy atom. The molecule has 4 N–H and O–H groups in total. The summed E-state index contributed by atoms with van der Waals surface area (Å²) in [6.45, 7) is 2.03. The van der Waals surface area contributed by atoms with Crippen LogP contribution in [-0.2, 0) is 6.42 Å². The van der Waals surface area contributed by atoms with Gasteiger partial charge in [-0.05, 0) is 41.8 Å². The summed E-state index contributed by atoms with van der Waals surface area (Å²) >= 11 is 1.66. The number of hydrazine groups is 1. The number of rotatable bonds is 6. The van der Waals surface area contributed by atoms with Crippen molar-refractivity contribution in [2.75, 3.05) is 10.7 Å². The van der Waals surface area contributed by atoms with Crippen molar-refractivity contribution in [3.05, 3.63) is 50.7 Å². The lowest BCUT2D eigenvalue weighted by molar-refractivity contribution is -0.384. The molecule has 0 aliphatic heterocycles. The number of hydrogen-bond donors (Lipinski definition) is 3. The molecule has 0 bridgehead atoms. The molecule has 20 heavy (non-hydrogen) atoms. The second-order valence-corrected chi connectivity index (χ2v) is 5.33. The average Bonchev–Trinajstić information content (AvgIpc) is 2.90. The van der Waals surface area contributed by atoms with E-state index in [0.717, 1.165) is 6.42 Å². The highest BCUT2D eigenvalue weighted by Crippen LogP contribution is 2.24. The predicted octanol–water partition coefficient (Wildman–Crippen LogP) is 2.99. The van der Waals surface area contributed by atoms with Crippen molar-refractivity contribution in [3.63, 3.8) is 0 Å². The van der Waals surface area contributed by atoms with Crippen molar-refractivity contribution in [2.24, 2.45) is 5.84 Å². The Hall–Kier alpha value is -2.12. The average molecular weight is 292 g/mol. The maximum atomic E-state index is 10.9. The largest absolute Gasteiger partial charge is 0.382 e. The summed E-state index contributed by atoms with van der Waals surface area (Å²) in [5.74, 6) is 5.33. The predicted molar refractivity (Wildman–Crippen MR) is 82.0 cm³/mol. The van der Waals surface area contributed by atoms with Gasteiger partial charge >= 0.3 is 0 Å². The quantitative estimate of drug-likeness (QED) is 0.432. The van der Waals surface area contributed by atoms with Crippen LogP contribution in [0.25, 0.3) is 0 Å². The van der Waals surface area contributed by atoms with Crippen LogP contribution in [0.1, 0.15) is 12.5 Å². The molecule has 6 nitrogen and oxygen atoms in total. The molecule has 1 aromatic carbocycles. The number of nitrogens with two attached hydrogens (primary N) is 1. The number of nitro benzene ring substituents is 1. The van der Waals surface area contributed by atoms with E-state index in [1.54, 1.807) is 17.4 Å². The van der Waals surface area contributed by atoms with Gasteiger partial charge in [-0.15, -0.1) is 0 Å². The van der Waals surface area contributed by atoms with Crippen molar-refractivity contribution in [1.29, 1.82) is 0 Å². The van der Waals surface area contributed by atoms with Gasteiger partial charge in [0.15, 0.2) is 0 Å². The van der Waals surface area contributed by atoms with Crippen LogP contribution < -0.4 is 16.6 Å². The van der Waals surface area contributed by atoms with Crippen LogP contribution in [0.15, 0.2) is 35.0 Å². The van der Waals surface area contributed by atoms with E-state index in [2.05, 4.69) is 22.2 Å². The van der Waals surface area contributed by atoms with Gasteiger partial charge in [0, 0.05) is 23.9 Å². The molecule has 1 heterocycles. The summed E-state index contributed by atoms with van der Waals surface area (Å²) in [7, 11) is 0. The zero-order valence-electron chi connectivity index (χ0n) is 11.0. The number of anilines is 2.